The van der Waals surface area contributed by atoms with Crippen molar-refractivity contribution < 1.29 is 4.79 Å². The van der Waals surface area contributed by atoms with Gasteiger partial charge in [0, 0.05) is 11.5 Å². The van der Waals surface area contributed by atoms with Crippen LogP contribution in [0.25, 0.3) is 0 Å². The van der Waals surface area contributed by atoms with Gasteiger partial charge in [-0.1, -0.05) is 66.8 Å². The second kappa shape index (κ2) is 5.18. The normalized spacial score (nSPS) is 26.7. The highest BCUT2D eigenvalue weighted by Gasteiger charge is 2.37. The molecule has 2 atom stereocenters. The summed E-state index contributed by atoms with van der Waals surface area (Å²) >= 11 is 0. The van der Waals surface area contributed by atoms with Crippen LogP contribution in [-0.4, -0.2) is 5.78 Å². The number of hydrogen-bond donors (Lipinski definition) is 0. The Balaban J connectivity index is 2.38. The fourth-order valence-electron chi connectivity index (χ4n) is 2.35. The van der Waals surface area contributed by atoms with Crippen molar-refractivity contribution in [1.29, 1.82) is 0 Å². The highest BCUT2D eigenvalue weighted by molar-refractivity contribution is 6.02. The number of allylic oxidation sites excluding steroid dienone is 6. The van der Waals surface area contributed by atoms with Gasteiger partial charge in [0.1, 0.15) is 0 Å². The van der Waals surface area contributed by atoms with E-state index in [0.29, 0.717) is 0 Å². The molecule has 92 valence electrons. The van der Waals surface area contributed by atoms with Crippen molar-refractivity contribution in [1.82, 2.24) is 0 Å². The van der Waals surface area contributed by atoms with E-state index in [1.54, 1.807) is 0 Å². The molecule has 1 aromatic rings. The average molecular weight is 238 g/mol. The molecular weight excluding hydrogens is 220 g/mol. The van der Waals surface area contributed by atoms with Gasteiger partial charge in [-0.15, -0.1) is 0 Å². The molecule has 0 aromatic heterocycles. The first kappa shape index (κ1) is 12.6. The molecule has 18 heavy (non-hydrogen) atoms. The quantitative estimate of drug-likeness (QED) is 0.570. The molecule has 2 unspecified atom stereocenters. The molecule has 0 spiro atoms. The summed E-state index contributed by atoms with van der Waals surface area (Å²) in [5, 5.41) is 0. The van der Waals surface area contributed by atoms with Gasteiger partial charge in [0.15, 0.2) is 5.78 Å². The summed E-state index contributed by atoms with van der Waals surface area (Å²) in [6.07, 6.45) is 12.1. The molecule has 0 fully saturated rings. The van der Waals surface area contributed by atoms with E-state index in [4.69, 9.17) is 0 Å². The third kappa shape index (κ3) is 2.21. The van der Waals surface area contributed by atoms with Crippen LogP contribution in [0.3, 0.4) is 0 Å². The zero-order valence-corrected chi connectivity index (χ0v) is 10.8. The summed E-state index contributed by atoms with van der Waals surface area (Å²) in [4.78, 5) is 12.7. The van der Waals surface area contributed by atoms with Crippen LogP contribution in [0.5, 0.6) is 0 Å². The van der Waals surface area contributed by atoms with Crippen LogP contribution in [0.4, 0.5) is 0 Å². The van der Waals surface area contributed by atoms with Gasteiger partial charge in [-0.05, 0) is 13.8 Å². The third-order valence-corrected chi connectivity index (χ3v) is 3.49. The van der Waals surface area contributed by atoms with Crippen molar-refractivity contribution in [3.05, 3.63) is 72.4 Å². The number of rotatable bonds is 3. The largest absolute Gasteiger partial charge is 0.293 e. The Hall–Kier alpha value is -1.89. The lowest BCUT2D eigenvalue weighted by Gasteiger charge is -2.32. The Morgan fingerprint density at radius 3 is 2.61 bits per heavy atom. The van der Waals surface area contributed by atoms with Crippen LogP contribution in [0, 0.1) is 11.3 Å². The van der Waals surface area contributed by atoms with Crippen molar-refractivity contribution >= 4 is 5.78 Å². The van der Waals surface area contributed by atoms with Crippen molar-refractivity contribution in [3.63, 3.8) is 0 Å². The maximum Gasteiger partial charge on any atom is 0.173 e. The van der Waals surface area contributed by atoms with Gasteiger partial charge in [0.25, 0.3) is 0 Å². The Kier molecular flexibility index (Phi) is 3.61. The molecule has 0 saturated carbocycles. The zero-order valence-electron chi connectivity index (χ0n) is 10.8. The van der Waals surface area contributed by atoms with E-state index in [1.807, 2.05) is 68.5 Å². The van der Waals surface area contributed by atoms with E-state index >= 15 is 0 Å². The highest BCUT2D eigenvalue weighted by atomic mass is 16.1. The molecule has 0 saturated heterocycles. The van der Waals surface area contributed by atoms with Crippen molar-refractivity contribution in [3.8, 4) is 0 Å². The van der Waals surface area contributed by atoms with E-state index in [9.17, 15) is 4.79 Å². The van der Waals surface area contributed by atoms with Crippen molar-refractivity contribution in [2.45, 2.75) is 13.8 Å². The summed E-state index contributed by atoms with van der Waals surface area (Å²) < 4.78 is 0. The van der Waals surface area contributed by atoms with E-state index in [1.165, 1.54) is 0 Å². The maximum atomic E-state index is 12.7. The molecule has 2 rings (SSSR count). The van der Waals surface area contributed by atoms with E-state index in [-0.39, 0.29) is 11.7 Å². The molecule has 0 N–H and O–H groups in total. The lowest BCUT2D eigenvalue weighted by molar-refractivity contribution is 0.0841. The Labute approximate surface area is 109 Å². The molecule has 1 heteroatoms. The number of carbonyl (C=O) groups excluding carboxylic acids is 1. The molecule has 0 radical (unpaired) electrons. The number of benzene rings is 1. The molecule has 1 nitrogen and oxygen atoms in total. The van der Waals surface area contributed by atoms with E-state index in [0.717, 1.165) is 5.56 Å². The summed E-state index contributed by atoms with van der Waals surface area (Å²) in [5.41, 5.74) is 0.289. The molecule has 1 aromatic carbocycles. The van der Waals surface area contributed by atoms with Crippen LogP contribution in [0.2, 0.25) is 0 Å². The molecular formula is C17H18O. The first-order valence-corrected chi connectivity index (χ1v) is 6.27. The zero-order chi connectivity index (χ0) is 13.0. The van der Waals surface area contributed by atoms with Crippen LogP contribution >= 0.6 is 0 Å². The lowest BCUT2D eigenvalue weighted by Crippen LogP contribution is -2.33. The van der Waals surface area contributed by atoms with Gasteiger partial charge in [-0.2, -0.15) is 0 Å². The summed E-state index contributed by atoms with van der Waals surface area (Å²) in [6.45, 7) is 3.99. The fraction of sp³-hybridized carbons (Fsp3) is 0.235. The van der Waals surface area contributed by atoms with Crippen LogP contribution in [0.15, 0.2) is 66.8 Å². The summed E-state index contributed by atoms with van der Waals surface area (Å²) in [7, 11) is 0. The smallest absolute Gasteiger partial charge is 0.173 e. The first-order chi connectivity index (χ1) is 8.68. The lowest BCUT2D eigenvalue weighted by atomic mass is 9.69. The minimum atomic E-state index is -0.484. The Morgan fingerprint density at radius 1 is 1.22 bits per heavy atom. The van der Waals surface area contributed by atoms with Crippen LogP contribution in [-0.2, 0) is 0 Å². The standard InChI is InChI=1S/C17H18O/c1-3-9-15-12-7-8-13-17(15,2)16(18)14-10-5-4-6-11-14/h3-13,15H,1-2H3. The number of carbonyl (C=O) groups is 1. The second-order valence-corrected chi connectivity index (χ2v) is 4.77. The fourth-order valence-corrected chi connectivity index (χ4v) is 2.35. The van der Waals surface area contributed by atoms with Crippen LogP contribution in [0.1, 0.15) is 24.2 Å². The van der Waals surface area contributed by atoms with Gasteiger partial charge in [-0.25, -0.2) is 0 Å². The van der Waals surface area contributed by atoms with Gasteiger partial charge in [0.2, 0.25) is 0 Å². The topological polar surface area (TPSA) is 17.1 Å². The summed E-state index contributed by atoms with van der Waals surface area (Å²) in [5.74, 6) is 0.298. The molecule has 1 aliphatic rings. The van der Waals surface area contributed by atoms with Gasteiger partial charge < -0.3 is 0 Å². The number of ketones is 1. The van der Waals surface area contributed by atoms with Crippen molar-refractivity contribution in [2.24, 2.45) is 11.3 Å². The third-order valence-electron chi connectivity index (χ3n) is 3.49. The monoisotopic (exact) mass is 238 g/mol. The SMILES string of the molecule is CC=CC1C=CC=CC1(C)C(=O)c1ccccc1. The second-order valence-electron chi connectivity index (χ2n) is 4.77. The minimum Gasteiger partial charge on any atom is -0.293 e. The average Bonchev–Trinajstić information content (AvgIpc) is 2.42. The van der Waals surface area contributed by atoms with Gasteiger partial charge in [0.05, 0.1) is 5.41 Å². The molecule has 0 bridgehead atoms. The number of hydrogen-bond acceptors (Lipinski definition) is 1. The predicted molar refractivity (Wildman–Crippen MR) is 75.5 cm³/mol. The first-order valence-electron chi connectivity index (χ1n) is 6.27. The van der Waals surface area contributed by atoms with E-state index < -0.39 is 5.41 Å². The molecule has 0 heterocycles. The van der Waals surface area contributed by atoms with Crippen LogP contribution < -0.4 is 0 Å². The predicted octanol–water partition coefficient (Wildman–Crippen LogP) is 4.19. The van der Waals surface area contributed by atoms with E-state index in [2.05, 4.69) is 12.2 Å². The molecule has 0 amide bonds. The van der Waals surface area contributed by atoms with Gasteiger partial charge >= 0.3 is 0 Å². The van der Waals surface area contributed by atoms with Gasteiger partial charge in [-0.3, -0.25) is 4.79 Å². The molecule has 0 aliphatic heterocycles. The molecule has 1 aliphatic carbocycles. The van der Waals surface area contributed by atoms with Crippen molar-refractivity contribution in [2.75, 3.05) is 0 Å². The highest BCUT2D eigenvalue weighted by Crippen LogP contribution is 2.37. The minimum absolute atomic E-state index is 0.125. The Morgan fingerprint density at radius 2 is 1.94 bits per heavy atom. The number of Topliss-reactive ketones (excluding diaryl/α,β-unsaturated/α-hetero) is 1. The maximum absolute atomic E-state index is 12.7. The Bertz CT molecular complexity index is 508. The summed E-state index contributed by atoms with van der Waals surface area (Å²) in [6, 6.07) is 9.51.